The van der Waals surface area contributed by atoms with Crippen molar-refractivity contribution < 1.29 is 33.7 Å². The fourth-order valence-electron chi connectivity index (χ4n) is 6.26. The maximum atomic E-state index is 14.3. The number of carbonyl (C=O) groups excluding carboxylic acids is 2. The van der Waals surface area contributed by atoms with Crippen molar-refractivity contribution in [3.8, 4) is 16.7 Å². The molecule has 45 heavy (non-hydrogen) atoms. The van der Waals surface area contributed by atoms with Crippen LogP contribution in [0.1, 0.15) is 44.9 Å². The zero-order chi connectivity index (χ0) is 31.6. The minimum Gasteiger partial charge on any atom is -0.497 e. The van der Waals surface area contributed by atoms with E-state index in [0.717, 1.165) is 41.6 Å². The molecule has 5 atom stereocenters. The Kier molecular flexibility index (Phi) is 8.84. The lowest BCUT2D eigenvalue weighted by Crippen LogP contribution is -2.55. The van der Waals surface area contributed by atoms with Gasteiger partial charge in [0.2, 0.25) is 11.8 Å². The molecule has 0 bridgehead atoms. The Morgan fingerprint density at radius 1 is 1.11 bits per heavy atom. The number of carboxylic acid groups (broad SMARTS) is 1. The molecular formula is C33H38N4O7S. The van der Waals surface area contributed by atoms with Crippen LogP contribution in [-0.4, -0.2) is 77.3 Å². The molecule has 11 nitrogen and oxygen atoms in total. The number of nitrogens with zero attached hydrogens (tertiary/aromatic N) is 2. The smallest absolute Gasteiger partial charge is 0.330 e. The van der Waals surface area contributed by atoms with Crippen molar-refractivity contribution in [3.05, 3.63) is 54.6 Å². The van der Waals surface area contributed by atoms with Gasteiger partial charge in [0.05, 0.1) is 31.0 Å². The van der Waals surface area contributed by atoms with Crippen LogP contribution >= 0.6 is 11.3 Å². The quantitative estimate of drug-likeness (QED) is 0.318. The van der Waals surface area contributed by atoms with Crippen molar-refractivity contribution in [2.45, 2.75) is 68.7 Å². The Balaban J connectivity index is 1.29. The summed E-state index contributed by atoms with van der Waals surface area (Å²) in [5.74, 6) is -0.707. The molecule has 2 aliphatic heterocycles. The van der Waals surface area contributed by atoms with Gasteiger partial charge in [-0.25, -0.2) is 9.78 Å². The van der Waals surface area contributed by atoms with E-state index in [-0.39, 0.29) is 24.8 Å². The van der Waals surface area contributed by atoms with Gasteiger partial charge in [-0.3, -0.25) is 9.59 Å². The summed E-state index contributed by atoms with van der Waals surface area (Å²) in [6.45, 7) is 0.163. The van der Waals surface area contributed by atoms with Gasteiger partial charge in [-0.05, 0) is 56.0 Å². The molecule has 238 valence electrons. The first-order chi connectivity index (χ1) is 21.8. The molecule has 12 heteroatoms. The topological polar surface area (TPSA) is 139 Å². The summed E-state index contributed by atoms with van der Waals surface area (Å²) in [6.07, 6.45) is 7.96. The molecule has 3 heterocycles. The van der Waals surface area contributed by atoms with Gasteiger partial charge in [0.25, 0.3) is 5.19 Å². The van der Waals surface area contributed by atoms with Crippen molar-refractivity contribution >= 4 is 45.0 Å². The minimum atomic E-state index is -1.37. The van der Waals surface area contributed by atoms with Gasteiger partial charge < -0.3 is 34.9 Å². The first-order valence-electron chi connectivity index (χ1n) is 15.3. The number of methoxy groups -OCH3 is 2. The molecule has 0 unspecified atom stereocenters. The molecule has 2 fully saturated rings. The largest absolute Gasteiger partial charge is 0.497 e. The number of hydrogen-bond donors (Lipinski definition) is 3. The number of carbonyl (C=O) groups is 3. The van der Waals surface area contributed by atoms with E-state index in [4.69, 9.17) is 14.2 Å². The van der Waals surface area contributed by atoms with Gasteiger partial charge in [0.1, 0.15) is 35.2 Å². The second-order valence-corrected chi connectivity index (χ2v) is 12.9. The second-order valence-electron chi connectivity index (χ2n) is 11.9. The van der Waals surface area contributed by atoms with Gasteiger partial charge >= 0.3 is 5.97 Å². The summed E-state index contributed by atoms with van der Waals surface area (Å²) < 4.78 is 17.9. The summed E-state index contributed by atoms with van der Waals surface area (Å²) in [7, 11) is 3.19. The number of anilines is 1. The highest BCUT2D eigenvalue weighted by atomic mass is 32.1. The normalized spacial score (nSPS) is 27.7. The van der Waals surface area contributed by atoms with Crippen molar-refractivity contribution in [1.29, 1.82) is 0 Å². The summed E-state index contributed by atoms with van der Waals surface area (Å²) in [4.78, 5) is 46.7. The van der Waals surface area contributed by atoms with Crippen molar-refractivity contribution in [1.82, 2.24) is 15.2 Å². The number of nitrogens with one attached hydrogen (secondary N) is 2. The SMILES string of the molecule is COc1cccc(N[C@H]2CCCCC/C=C\[C@@H]3C[C@@]3(C(=O)O)NC(=O)[C@@H]3C[C@@H](Oc4nc5ccc(OC)cc5s4)CN3C2=O)c1. The van der Waals surface area contributed by atoms with E-state index in [9.17, 15) is 19.5 Å². The molecule has 1 aromatic heterocycles. The Hall–Kier alpha value is -4.32. The monoisotopic (exact) mass is 634 g/mol. The third-order valence-corrected chi connectivity index (χ3v) is 9.78. The fraction of sp³-hybridized carbons (Fsp3) is 0.455. The van der Waals surface area contributed by atoms with Crippen LogP contribution in [0.2, 0.25) is 0 Å². The van der Waals surface area contributed by atoms with Gasteiger partial charge in [-0.2, -0.15) is 0 Å². The van der Waals surface area contributed by atoms with E-state index in [1.165, 1.54) is 11.3 Å². The van der Waals surface area contributed by atoms with Crippen LogP contribution in [0.3, 0.4) is 0 Å². The number of benzene rings is 2. The fourth-order valence-corrected chi connectivity index (χ4v) is 7.17. The molecule has 1 aliphatic carbocycles. The van der Waals surface area contributed by atoms with Crippen LogP contribution in [-0.2, 0) is 14.4 Å². The zero-order valence-electron chi connectivity index (χ0n) is 25.4. The Morgan fingerprint density at radius 2 is 1.93 bits per heavy atom. The number of thiazole rings is 1. The summed E-state index contributed by atoms with van der Waals surface area (Å²) in [5, 5.41) is 16.8. The highest BCUT2D eigenvalue weighted by molar-refractivity contribution is 7.20. The number of aromatic nitrogens is 1. The van der Waals surface area contributed by atoms with Crippen molar-refractivity contribution in [2.75, 3.05) is 26.1 Å². The zero-order valence-corrected chi connectivity index (χ0v) is 26.2. The van der Waals surface area contributed by atoms with E-state index >= 15 is 0 Å². The standard InChI is InChI=1S/C33H38N4O7S/c1-42-22-11-8-10-21(15-22)34-26-12-7-5-3-4-6-9-20-18-33(20,31(40)41)36-29(38)27-16-24(19-37(27)30(26)39)44-32-35-25-14-13-23(43-2)17-28(25)45-32/h6,8-11,13-15,17,20,24,26-27,34H,3-5,7,12,16,18-19H2,1-2H3,(H,36,38)(H,40,41)/b9-6-/t20-,24-,26+,27+,33-/m1/s1. The Bertz CT molecular complexity index is 1610. The number of aliphatic carboxylic acids is 1. The lowest BCUT2D eigenvalue weighted by Gasteiger charge is -2.30. The Labute approximate surface area is 265 Å². The number of rotatable bonds is 7. The molecule has 3 aromatic rings. The maximum Gasteiger partial charge on any atom is 0.330 e. The van der Waals surface area contributed by atoms with Gasteiger partial charge in [-0.1, -0.05) is 42.4 Å². The molecule has 1 saturated carbocycles. The van der Waals surface area contributed by atoms with E-state index in [2.05, 4.69) is 15.6 Å². The Morgan fingerprint density at radius 3 is 2.73 bits per heavy atom. The molecule has 2 amide bonds. The average molecular weight is 635 g/mol. The number of fused-ring (bicyclic) bond motifs is 3. The van der Waals surface area contributed by atoms with Crippen LogP contribution in [0, 0.1) is 5.92 Å². The molecule has 3 aliphatic rings. The molecular weight excluding hydrogens is 596 g/mol. The first kappa shape index (κ1) is 30.7. The summed E-state index contributed by atoms with van der Waals surface area (Å²) in [6, 6.07) is 11.5. The predicted octanol–water partition coefficient (Wildman–Crippen LogP) is 4.62. The number of carboxylic acids is 1. The van der Waals surface area contributed by atoms with Gasteiger partial charge in [0, 0.05) is 24.1 Å². The predicted molar refractivity (Wildman–Crippen MR) is 170 cm³/mol. The highest BCUT2D eigenvalue weighted by Gasteiger charge is 2.61. The summed E-state index contributed by atoms with van der Waals surface area (Å²) >= 11 is 1.36. The van der Waals surface area contributed by atoms with Crippen molar-refractivity contribution in [3.63, 3.8) is 0 Å². The first-order valence-corrected chi connectivity index (χ1v) is 16.2. The number of ether oxygens (including phenoxy) is 3. The number of allylic oxidation sites excluding steroid dienone is 1. The van der Waals surface area contributed by atoms with Gasteiger partial charge in [0.15, 0.2) is 0 Å². The molecule has 3 N–H and O–H groups in total. The molecule has 1 saturated heterocycles. The minimum absolute atomic E-state index is 0.163. The third-order valence-electron chi connectivity index (χ3n) is 8.88. The lowest BCUT2D eigenvalue weighted by molar-refractivity contribution is -0.145. The van der Waals surface area contributed by atoms with E-state index in [1.54, 1.807) is 19.1 Å². The number of hydrogen-bond acceptors (Lipinski definition) is 9. The third kappa shape index (κ3) is 6.56. The second kappa shape index (κ2) is 13.0. The van der Waals surface area contributed by atoms with Crippen LogP contribution < -0.4 is 24.8 Å². The average Bonchev–Trinajstić information content (AvgIpc) is 3.35. The molecule has 6 rings (SSSR count). The summed E-state index contributed by atoms with van der Waals surface area (Å²) in [5.41, 5.74) is 0.125. The van der Waals surface area contributed by atoms with Crippen LogP contribution in [0.5, 0.6) is 16.7 Å². The maximum absolute atomic E-state index is 14.3. The van der Waals surface area contributed by atoms with Crippen LogP contribution in [0.25, 0.3) is 10.2 Å². The van der Waals surface area contributed by atoms with E-state index < -0.39 is 35.6 Å². The van der Waals surface area contributed by atoms with E-state index in [0.29, 0.717) is 29.5 Å². The van der Waals surface area contributed by atoms with Crippen molar-refractivity contribution in [2.24, 2.45) is 5.92 Å². The molecule has 0 spiro atoms. The number of amides is 2. The van der Waals surface area contributed by atoms with Crippen LogP contribution in [0.15, 0.2) is 54.6 Å². The van der Waals surface area contributed by atoms with Gasteiger partial charge in [-0.15, -0.1) is 0 Å². The lowest BCUT2D eigenvalue weighted by atomic mass is 10.0. The highest BCUT2D eigenvalue weighted by Crippen LogP contribution is 2.45. The molecule has 0 radical (unpaired) electrons. The van der Waals surface area contributed by atoms with Crippen LogP contribution in [0.4, 0.5) is 5.69 Å². The van der Waals surface area contributed by atoms with E-state index in [1.807, 2.05) is 54.6 Å². The molecule has 2 aromatic carbocycles.